The summed E-state index contributed by atoms with van der Waals surface area (Å²) in [6.07, 6.45) is 0.634. The summed E-state index contributed by atoms with van der Waals surface area (Å²) in [4.78, 5) is 0. The van der Waals surface area contributed by atoms with E-state index in [4.69, 9.17) is 18.9 Å². The van der Waals surface area contributed by atoms with Gasteiger partial charge in [0.2, 0.25) is 0 Å². The van der Waals surface area contributed by atoms with Gasteiger partial charge in [-0.3, -0.25) is 0 Å². The second kappa shape index (κ2) is 13.3. The number of para-hydroxylation sites is 2. The van der Waals surface area contributed by atoms with E-state index in [0.29, 0.717) is 19.0 Å². The highest BCUT2D eigenvalue weighted by molar-refractivity contribution is 5.40. The fourth-order valence-corrected chi connectivity index (χ4v) is 3.11. The van der Waals surface area contributed by atoms with E-state index in [1.807, 2.05) is 85.4 Å². The van der Waals surface area contributed by atoms with E-state index in [0.717, 1.165) is 11.1 Å². The molecule has 0 saturated heterocycles. The van der Waals surface area contributed by atoms with Crippen LogP contribution >= 0.6 is 0 Å². The highest BCUT2D eigenvalue weighted by Gasteiger charge is 2.27. The molecule has 0 aliphatic rings. The van der Waals surface area contributed by atoms with Crippen LogP contribution in [0.4, 0.5) is 0 Å². The molecule has 3 aromatic rings. The maximum absolute atomic E-state index is 10.2. The first-order valence-electron chi connectivity index (χ1n) is 10.9. The smallest absolute Gasteiger partial charge is 0.323 e. The van der Waals surface area contributed by atoms with Crippen molar-refractivity contribution in [1.29, 1.82) is 0 Å². The molecule has 0 unspecified atom stereocenters. The number of phenols is 1. The van der Waals surface area contributed by atoms with Crippen LogP contribution in [-0.4, -0.2) is 55.6 Å². The van der Waals surface area contributed by atoms with Gasteiger partial charge >= 0.3 is 6.40 Å². The molecule has 0 spiro atoms. The average molecular weight is 451 g/mol. The third-order valence-electron chi connectivity index (χ3n) is 4.79. The second-order valence-electron chi connectivity index (χ2n) is 7.87. The maximum Gasteiger partial charge on any atom is 0.323 e. The van der Waals surface area contributed by atoms with Gasteiger partial charge in [0, 0.05) is 0 Å². The quantitative estimate of drug-likeness (QED) is 0.240. The van der Waals surface area contributed by atoms with Crippen molar-refractivity contribution < 1.29 is 28.6 Å². The number of rotatable bonds is 13. The van der Waals surface area contributed by atoms with Crippen LogP contribution < -0.4 is 4.74 Å². The van der Waals surface area contributed by atoms with Gasteiger partial charge in [-0.25, -0.2) is 4.58 Å². The van der Waals surface area contributed by atoms with Crippen LogP contribution in [0.25, 0.3) is 0 Å². The van der Waals surface area contributed by atoms with Crippen LogP contribution in [-0.2, 0) is 27.4 Å². The molecule has 0 amide bonds. The Kier molecular flexibility index (Phi) is 9.76. The number of phenolic OH excluding ortho intramolecular Hbond substituents is 1. The summed E-state index contributed by atoms with van der Waals surface area (Å²) in [6.45, 7) is 1.43. The molecule has 6 nitrogen and oxygen atoms in total. The monoisotopic (exact) mass is 450 g/mol. The van der Waals surface area contributed by atoms with Crippen molar-refractivity contribution >= 4 is 6.40 Å². The summed E-state index contributed by atoms with van der Waals surface area (Å²) in [6, 6.07) is 26.8. The van der Waals surface area contributed by atoms with E-state index in [-0.39, 0.29) is 19.0 Å². The molecule has 0 bridgehead atoms. The molecule has 6 heteroatoms. The highest BCUT2D eigenvalue weighted by Crippen LogP contribution is 2.27. The number of nitrogens with zero attached hydrogens (tertiary/aromatic N) is 1. The molecule has 0 radical (unpaired) electrons. The maximum atomic E-state index is 10.2. The molecule has 1 N–H and O–H groups in total. The van der Waals surface area contributed by atoms with Crippen LogP contribution in [0.3, 0.4) is 0 Å². The summed E-state index contributed by atoms with van der Waals surface area (Å²) in [5, 5.41) is 10.2. The Bertz CT molecular complexity index is 974. The molecule has 0 aliphatic heterocycles. The van der Waals surface area contributed by atoms with Crippen LogP contribution in [0.2, 0.25) is 0 Å². The van der Waals surface area contributed by atoms with E-state index in [2.05, 4.69) is 0 Å². The molecule has 0 aliphatic carbocycles. The molecule has 0 fully saturated rings. The lowest BCUT2D eigenvalue weighted by molar-refractivity contribution is -0.469. The van der Waals surface area contributed by atoms with Gasteiger partial charge in [-0.1, -0.05) is 72.8 Å². The fourth-order valence-electron chi connectivity index (χ4n) is 3.11. The normalized spacial score (nSPS) is 12.5. The lowest BCUT2D eigenvalue weighted by Gasteiger charge is -2.26. The van der Waals surface area contributed by atoms with Crippen molar-refractivity contribution in [3.63, 3.8) is 0 Å². The topological polar surface area (TPSA) is 60.2 Å². The second-order valence-corrected chi connectivity index (χ2v) is 7.87. The first kappa shape index (κ1) is 24.3. The zero-order valence-corrected chi connectivity index (χ0v) is 19.2. The van der Waals surface area contributed by atoms with E-state index in [9.17, 15) is 5.11 Å². The summed E-state index contributed by atoms with van der Waals surface area (Å²) in [7, 11) is 3.76. The Morgan fingerprint density at radius 2 is 1.24 bits per heavy atom. The zero-order valence-electron chi connectivity index (χ0n) is 19.2. The Balaban J connectivity index is 1.71. The van der Waals surface area contributed by atoms with Crippen molar-refractivity contribution in [3.05, 3.63) is 96.1 Å². The molecule has 3 rings (SSSR count). The first-order chi connectivity index (χ1) is 16.1. The van der Waals surface area contributed by atoms with E-state index < -0.39 is 12.2 Å². The van der Waals surface area contributed by atoms with Gasteiger partial charge < -0.3 is 24.1 Å². The average Bonchev–Trinajstić information content (AvgIpc) is 2.83. The Morgan fingerprint density at radius 3 is 1.79 bits per heavy atom. The molecular formula is C27H32NO5+. The zero-order chi connectivity index (χ0) is 23.3. The molecule has 174 valence electrons. The predicted octanol–water partition coefficient (Wildman–Crippen LogP) is 4.26. The molecule has 0 saturated carbocycles. The van der Waals surface area contributed by atoms with Crippen molar-refractivity contribution in [2.45, 2.75) is 25.4 Å². The molecule has 0 heterocycles. The lowest BCUT2D eigenvalue weighted by Crippen LogP contribution is -2.41. The largest absolute Gasteiger partial charge is 0.504 e. The third kappa shape index (κ3) is 8.60. The lowest BCUT2D eigenvalue weighted by atomic mass is 10.2. The van der Waals surface area contributed by atoms with Crippen molar-refractivity contribution in [3.8, 4) is 11.5 Å². The van der Waals surface area contributed by atoms with E-state index in [1.54, 1.807) is 24.6 Å². The van der Waals surface area contributed by atoms with Crippen molar-refractivity contribution in [2.24, 2.45) is 0 Å². The fraction of sp³-hybridized carbons (Fsp3) is 0.296. The predicted molar refractivity (Wildman–Crippen MR) is 128 cm³/mol. The Labute approximate surface area is 195 Å². The molecule has 0 aromatic heterocycles. The molecule has 33 heavy (non-hydrogen) atoms. The number of aromatic hydroxyl groups is 1. The molecule has 3 aromatic carbocycles. The summed E-state index contributed by atoms with van der Waals surface area (Å²) >= 11 is 0. The minimum atomic E-state index is -0.519. The summed E-state index contributed by atoms with van der Waals surface area (Å²) in [5.41, 5.74) is 2.14. The number of hydrogen-bond acceptors (Lipinski definition) is 5. The SMILES string of the molecule is C[N+](C)=CO[C@H](COCc1ccccc1)[C@@H](COCc1ccccc1)Oc1ccccc1O. The minimum Gasteiger partial charge on any atom is -0.504 e. The standard InChI is InChI=1S/C27H31NO5/c1-28(2)21-32-26(19-30-17-22-11-5-3-6-12-22)27(33-25-16-10-9-15-24(25)29)20-31-18-23-13-7-4-8-14-23/h3-16,21,26-27H,17-20H2,1-2H3/p+1/t26-,27-/m1/s1. The Hall–Kier alpha value is -3.35. The number of benzene rings is 3. The summed E-state index contributed by atoms with van der Waals surface area (Å²) in [5.74, 6) is 0.429. The minimum absolute atomic E-state index is 0.0612. The van der Waals surface area contributed by atoms with Gasteiger partial charge in [0.05, 0.1) is 26.4 Å². The Morgan fingerprint density at radius 1 is 0.727 bits per heavy atom. The van der Waals surface area contributed by atoms with Gasteiger partial charge in [-0.05, 0) is 23.3 Å². The van der Waals surface area contributed by atoms with Gasteiger partial charge in [0.15, 0.2) is 23.7 Å². The van der Waals surface area contributed by atoms with Crippen molar-refractivity contribution in [2.75, 3.05) is 27.3 Å². The van der Waals surface area contributed by atoms with E-state index >= 15 is 0 Å². The number of hydrogen-bond donors (Lipinski definition) is 1. The highest BCUT2D eigenvalue weighted by atomic mass is 16.6. The first-order valence-corrected chi connectivity index (χ1v) is 10.9. The van der Waals surface area contributed by atoms with Gasteiger partial charge in [0.25, 0.3) is 0 Å². The van der Waals surface area contributed by atoms with Crippen LogP contribution in [0.5, 0.6) is 11.5 Å². The third-order valence-corrected chi connectivity index (χ3v) is 4.79. The summed E-state index contributed by atoms with van der Waals surface area (Å²) < 4.78 is 25.9. The van der Waals surface area contributed by atoms with Crippen molar-refractivity contribution in [1.82, 2.24) is 0 Å². The van der Waals surface area contributed by atoms with Crippen LogP contribution in [0, 0.1) is 0 Å². The van der Waals surface area contributed by atoms with Gasteiger partial charge in [0.1, 0.15) is 14.1 Å². The van der Waals surface area contributed by atoms with Crippen LogP contribution in [0.1, 0.15) is 11.1 Å². The van der Waals surface area contributed by atoms with Gasteiger partial charge in [-0.15, -0.1) is 0 Å². The molecular weight excluding hydrogens is 418 g/mol. The van der Waals surface area contributed by atoms with Gasteiger partial charge in [-0.2, -0.15) is 0 Å². The number of ether oxygens (including phenoxy) is 4. The van der Waals surface area contributed by atoms with Crippen LogP contribution in [0.15, 0.2) is 84.9 Å². The van der Waals surface area contributed by atoms with E-state index in [1.165, 1.54) is 0 Å². The molecule has 2 atom stereocenters.